The summed E-state index contributed by atoms with van der Waals surface area (Å²) in [5.41, 5.74) is 3.50. The van der Waals surface area contributed by atoms with E-state index in [1.807, 2.05) is 43.7 Å². The molecular formula is C24H26N4O3S. The van der Waals surface area contributed by atoms with E-state index in [0.29, 0.717) is 33.8 Å². The van der Waals surface area contributed by atoms with Crippen LogP contribution in [0.4, 0.5) is 5.69 Å². The van der Waals surface area contributed by atoms with Gasteiger partial charge in [0.25, 0.3) is 5.91 Å². The van der Waals surface area contributed by atoms with Crippen molar-refractivity contribution in [3.8, 4) is 22.1 Å². The number of nitrogens with one attached hydrogen (secondary N) is 1. The molecule has 0 aliphatic rings. The molecule has 0 unspecified atom stereocenters. The largest absolute Gasteiger partial charge is 0.493 e. The maximum absolute atomic E-state index is 13.5. The molecule has 0 saturated carbocycles. The number of pyridine rings is 1. The van der Waals surface area contributed by atoms with Crippen molar-refractivity contribution in [1.29, 1.82) is 0 Å². The minimum atomic E-state index is -0.231. The number of benzene rings is 1. The third-order valence-corrected chi connectivity index (χ3v) is 6.30. The maximum atomic E-state index is 13.5. The number of nitrogens with zero attached hydrogens (tertiary/aromatic N) is 3. The van der Waals surface area contributed by atoms with Crippen molar-refractivity contribution in [2.75, 3.05) is 19.5 Å². The lowest BCUT2D eigenvalue weighted by Gasteiger charge is -2.14. The zero-order chi connectivity index (χ0) is 23.0. The van der Waals surface area contributed by atoms with Crippen LogP contribution in [0.15, 0.2) is 36.5 Å². The highest BCUT2D eigenvalue weighted by Gasteiger charge is 2.20. The first-order valence-corrected chi connectivity index (χ1v) is 11.1. The Labute approximate surface area is 191 Å². The van der Waals surface area contributed by atoms with E-state index in [1.165, 1.54) is 4.88 Å². The molecule has 8 heteroatoms. The first-order chi connectivity index (χ1) is 15.3. The number of anilines is 1. The zero-order valence-corrected chi connectivity index (χ0v) is 19.8. The smallest absolute Gasteiger partial charge is 0.256 e. The van der Waals surface area contributed by atoms with Crippen molar-refractivity contribution in [2.24, 2.45) is 0 Å². The van der Waals surface area contributed by atoms with E-state index in [4.69, 9.17) is 14.5 Å². The van der Waals surface area contributed by atoms with Crippen LogP contribution in [-0.4, -0.2) is 34.9 Å². The Morgan fingerprint density at radius 3 is 2.44 bits per heavy atom. The number of thiophene rings is 1. The Morgan fingerprint density at radius 2 is 1.81 bits per heavy atom. The Hall–Kier alpha value is -3.39. The Balaban J connectivity index is 1.82. The number of hydrogen-bond donors (Lipinski definition) is 1. The van der Waals surface area contributed by atoms with Crippen LogP contribution >= 0.6 is 11.3 Å². The highest BCUT2D eigenvalue weighted by Crippen LogP contribution is 2.34. The fourth-order valence-electron chi connectivity index (χ4n) is 3.59. The van der Waals surface area contributed by atoms with Gasteiger partial charge in [-0.05, 0) is 57.5 Å². The van der Waals surface area contributed by atoms with Crippen molar-refractivity contribution in [2.45, 2.75) is 33.7 Å². The molecule has 0 radical (unpaired) electrons. The van der Waals surface area contributed by atoms with Gasteiger partial charge in [0, 0.05) is 22.7 Å². The summed E-state index contributed by atoms with van der Waals surface area (Å²) in [5.74, 6) is 0.934. The monoisotopic (exact) mass is 450 g/mol. The summed E-state index contributed by atoms with van der Waals surface area (Å²) in [6.07, 6.45) is 1.71. The lowest BCUT2D eigenvalue weighted by atomic mass is 10.1. The molecule has 3 aromatic heterocycles. The number of carbonyl (C=O) groups is 1. The predicted octanol–water partition coefficient (Wildman–Crippen LogP) is 5.63. The topological polar surface area (TPSA) is 78.3 Å². The second-order valence-electron chi connectivity index (χ2n) is 7.86. The van der Waals surface area contributed by atoms with Crippen LogP contribution in [0.5, 0.6) is 11.5 Å². The van der Waals surface area contributed by atoms with Gasteiger partial charge in [0.05, 0.1) is 41.9 Å². The van der Waals surface area contributed by atoms with Gasteiger partial charge in [-0.2, -0.15) is 5.10 Å². The van der Waals surface area contributed by atoms with Crippen LogP contribution in [0, 0.1) is 13.8 Å². The first kappa shape index (κ1) is 21.8. The van der Waals surface area contributed by atoms with Gasteiger partial charge in [-0.3, -0.25) is 4.79 Å². The predicted molar refractivity (Wildman–Crippen MR) is 128 cm³/mol. The number of ether oxygens (including phenoxy) is 2. The summed E-state index contributed by atoms with van der Waals surface area (Å²) in [6.45, 7) is 8.06. The van der Waals surface area contributed by atoms with Crippen molar-refractivity contribution >= 4 is 34.0 Å². The first-order valence-electron chi connectivity index (χ1n) is 10.3. The molecule has 0 aliphatic carbocycles. The Bertz CT molecular complexity index is 1310. The second-order valence-corrected chi connectivity index (χ2v) is 9.15. The molecule has 166 valence electrons. The molecule has 1 amide bonds. The van der Waals surface area contributed by atoms with Gasteiger partial charge in [-0.1, -0.05) is 0 Å². The third-order valence-electron chi connectivity index (χ3n) is 5.27. The van der Waals surface area contributed by atoms with Crippen molar-refractivity contribution < 1.29 is 14.3 Å². The quantitative estimate of drug-likeness (QED) is 0.412. The van der Waals surface area contributed by atoms with E-state index < -0.39 is 0 Å². The summed E-state index contributed by atoms with van der Waals surface area (Å²) in [6, 6.07) is 9.65. The number of aryl methyl sites for hydroxylation is 2. The number of rotatable bonds is 6. The van der Waals surface area contributed by atoms with E-state index >= 15 is 0 Å². The fraction of sp³-hybridized carbons (Fsp3) is 0.292. The van der Waals surface area contributed by atoms with Gasteiger partial charge in [-0.15, -0.1) is 11.3 Å². The van der Waals surface area contributed by atoms with Gasteiger partial charge in [0.2, 0.25) is 0 Å². The van der Waals surface area contributed by atoms with Gasteiger partial charge in [-0.25, -0.2) is 9.67 Å². The molecule has 0 bridgehead atoms. The molecule has 0 aliphatic heterocycles. The van der Waals surface area contributed by atoms with E-state index in [0.717, 1.165) is 16.1 Å². The van der Waals surface area contributed by atoms with Crippen LogP contribution in [0.25, 0.3) is 21.6 Å². The summed E-state index contributed by atoms with van der Waals surface area (Å²) < 4.78 is 12.6. The van der Waals surface area contributed by atoms with Gasteiger partial charge in [0.15, 0.2) is 17.1 Å². The highest BCUT2D eigenvalue weighted by molar-refractivity contribution is 7.15. The number of carbonyl (C=O) groups excluding carboxylic acids is 1. The molecule has 4 aromatic rings. The van der Waals surface area contributed by atoms with Crippen molar-refractivity contribution in [1.82, 2.24) is 14.8 Å². The average Bonchev–Trinajstić information content (AvgIpc) is 3.40. The van der Waals surface area contributed by atoms with Gasteiger partial charge < -0.3 is 14.8 Å². The maximum Gasteiger partial charge on any atom is 0.256 e. The molecule has 3 heterocycles. The Morgan fingerprint density at radius 1 is 1.09 bits per heavy atom. The molecule has 0 saturated heterocycles. The average molecular weight is 451 g/mol. The van der Waals surface area contributed by atoms with E-state index in [9.17, 15) is 4.79 Å². The molecule has 1 N–H and O–H groups in total. The highest BCUT2D eigenvalue weighted by atomic mass is 32.1. The zero-order valence-electron chi connectivity index (χ0n) is 19.0. The van der Waals surface area contributed by atoms with Gasteiger partial charge in [0.1, 0.15) is 0 Å². The lowest BCUT2D eigenvalue weighted by Crippen LogP contribution is -2.14. The molecule has 0 spiro atoms. The number of hydrogen-bond acceptors (Lipinski definition) is 6. The molecule has 0 fully saturated rings. The summed E-state index contributed by atoms with van der Waals surface area (Å²) in [4.78, 5) is 20.5. The van der Waals surface area contributed by atoms with E-state index in [2.05, 4.69) is 23.4 Å². The Kier molecular flexibility index (Phi) is 5.88. The number of fused-ring (bicyclic) bond motifs is 1. The van der Waals surface area contributed by atoms with Crippen LogP contribution in [0.3, 0.4) is 0 Å². The van der Waals surface area contributed by atoms with Crippen LogP contribution in [0.2, 0.25) is 0 Å². The third kappa shape index (κ3) is 3.93. The molecular weight excluding hydrogens is 424 g/mol. The minimum Gasteiger partial charge on any atom is -0.493 e. The summed E-state index contributed by atoms with van der Waals surface area (Å²) in [7, 11) is 3.16. The van der Waals surface area contributed by atoms with Crippen molar-refractivity contribution in [3.05, 3.63) is 52.5 Å². The molecule has 7 nitrogen and oxygen atoms in total. The SMILES string of the molecule is COc1cc(C)c(NC(=O)c2cc(-c3ccc(C)s3)nc3c2cnn3C(C)C)cc1OC. The van der Waals surface area contributed by atoms with E-state index in [1.54, 1.807) is 37.8 Å². The lowest BCUT2D eigenvalue weighted by molar-refractivity contribution is 0.102. The van der Waals surface area contributed by atoms with E-state index in [-0.39, 0.29) is 11.9 Å². The van der Waals surface area contributed by atoms with Crippen LogP contribution in [0.1, 0.15) is 40.7 Å². The summed E-state index contributed by atoms with van der Waals surface area (Å²) in [5, 5.41) is 8.24. The van der Waals surface area contributed by atoms with Crippen LogP contribution in [-0.2, 0) is 0 Å². The molecule has 1 aromatic carbocycles. The fourth-order valence-corrected chi connectivity index (χ4v) is 4.42. The van der Waals surface area contributed by atoms with Crippen molar-refractivity contribution in [3.63, 3.8) is 0 Å². The molecule has 4 rings (SSSR count). The normalized spacial score (nSPS) is 11.2. The van der Waals surface area contributed by atoms with Crippen LogP contribution < -0.4 is 14.8 Å². The standard InChI is InChI=1S/C24H26N4O3S/c1-13(2)28-23-17(12-25-28)16(10-19(26-23)22-8-7-15(4)32-22)24(29)27-18-11-21(31-6)20(30-5)9-14(18)3/h7-13H,1-6H3,(H,27,29). The number of amides is 1. The minimum absolute atomic E-state index is 0.115. The number of aromatic nitrogens is 3. The van der Waals surface area contributed by atoms with Gasteiger partial charge >= 0.3 is 0 Å². The summed E-state index contributed by atoms with van der Waals surface area (Å²) >= 11 is 1.65. The molecule has 32 heavy (non-hydrogen) atoms. The molecule has 0 atom stereocenters. The second kappa shape index (κ2) is 8.63. The number of methoxy groups -OCH3 is 2.